The number of rotatable bonds is 9. The first kappa shape index (κ1) is 26.3. The summed E-state index contributed by atoms with van der Waals surface area (Å²) in [6, 6.07) is 18.4. The minimum absolute atomic E-state index is 0.311. The number of carbonyl (C=O) groups is 1. The van der Waals surface area contributed by atoms with Gasteiger partial charge in [0.25, 0.3) is 5.91 Å². The fourth-order valence-corrected chi connectivity index (χ4v) is 5.10. The zero-order chi connectivity index (χ0) is 27.0. The first-order valence-electron chi connectivity index (χ1n) is 13.4. The molecule has 7 nitrogen and oxygen atoms in total. The van der Waals surface area contributed by atoms with Crippen LogP contribution in [-0.2, 0) is 13.0 Å². The van der Waals surface area contributed by atoms with Crippen molar-refractivity contribution in [1.82, 2.24) is 25.4 Å². The lowest BCUT2D eigenvalue weighted by molar-refractivity contribution is 0.0963. The minimum atomic E-state index is -0.311. The van der Waals surface area contributed by atoms with Gasteiger partial charge in [0, 0.05) is 36.1 Å². The monoisotopic (exact) mass is 518 g/mol. The van der Waals surface area contributed by atoms with Crippen LogP contribution in [0.1, 0.15) is 47.8 Å². The van der Waals surface area contributed by atoms with Crippen LogP contribution >= 0.6 is 0 Å². The first-order chi connectivity index (χ1) is 19.1. The van der Waals surface area contributed by atoms with Crippen LogP contribution in [0.4, 0.5) is 0 Å². The maximum Gasteiger partial charge on any atom is 0.276 e. The largest absolute Gasteiger partial charge is 0.319 e. The Morgan fingerprint density at radius 2 is 1.87 bits per heavy atom. The van der Waals surface area contributed by atoms with Crippen LogP contribution in [0.2, 0.25) is 0 Å². The standard InChI is InChI=1S/C32H34N6O/c1-23(15-24-9-5-3-6-10-24)16-28(21-33-2)35-32(39)31-29-18-26(11-12-30(29)36-37-31)27-17-25(19-34-20-27)22-38-13-7-4-8-14-38/h3,5-6,9-12,16-21H,2,4,7-8,13-15,22H2,1H3,(H,35,39)(H,36,37)/b23-16+,28-21+. The number of aromatic amines is 1. The van der Waals surface area contributed by atoms with Gasteiger partial charge in [0.1, 0.15) is 0 Å². The Morgan fingerprint density at radius 3 is 2.67 bits per heavy atom. The van der Waals surface area contributed by atoms with Gasteiger partial charge in [0.05, 0.1) is 11.2 Å². The van der Waals surface area contributed by atoms with E-state index in [1.54, 1.807) is 6.20 Å². The highest BCUT2D eigenvalue weighted by molar-refractivity contribution is 6.06. The van der Waals surface area contributed by atoms with E-state index >= 15 is 0 Å². The molecule has 4 aromatic rings. The number of benzene rings is 2. The number of nitrogens with one attached hydrogen (secondary N) is 2. The molecule has 1 aliphatic heterocycles. The van der Waals surface area contributed by atoms with E-state index in [0.717, 1.165) is 53.7 Å². The summed E-state index contributed by atoms with van der Waals surface area (Å²) in [6.07, 6.45) is 11.9. The molecular formula is C32H34N6O. The van der Waals surface area contributed by atoms with Crippen molar-refractivity contribution in [2.45, 2.75) is 39.2 Å². The molecule has 1 fully saturated rings. The van der Waals surface area contributed by atoms with Crippen molar-refractivity contribution in [3.05, 3.63) is 107 Å². The van der Waals surface area contributed by atoms with Gasteiger partial charge in [-0.15, -0.1) is 0 Å². The SMILES string of the molecule is C=N/C=C(\C=C(/C)Cc1ccccc1)NC(=O)c1n[nH]c2ccc(-c3cncc(CN4CCCCC4)c3)cc12. The number of likely N-dealkylation sites (tertiary alicyclic amines) is 1. The number of hydrogen-bond acceptors (Lipinski definition) is 5. The summed E-state index contributed by atoms with van der Waals surface area (Å²) < 4.78 is 0. The lowest BCUT2D eigenvalue weighted by Gasteiger charge is -2.26. The number of aromatic nitrogens is 3. The summed E-state index contributed by atoms with van der Waals surface area (Å²) in [5.74, 6) is -0.311. The lowest BCUT2D eigenvalue weighted by Crippen LogP contribution is -2.29. The molecule has 39 heavy (non-hydrogen) atoms. The van der Waals surface area contributed by atoms with Crippen molar-refractivity contribution in [2.24, 2.45) is 4.99 Å². The average Bonchev–Trinajstić information content (AvgIpc) is 3.38. The topological polar surface area (TPSA) is 86.3 Å². The van der Waals surface area contributed by atoms with E-state index in [4.69, 9.17) is 0 Å². The van der Waals surface area contributed by atoms with Gasteiger partial charge in [-0.05, 0) is 87.0 Å². The molecule has 0 spiro atoms. The van der Waals surface area contributed by atoms with Crippen LogP contribution in [0.25, 0.3) is 22.0 Å². The predicted molar refractivity (Wildman–Crippen MR) is 157 cm³/mol. The number of nitrogens with zero attached hydrogens (tertiary/aromatic N) is 4. The number of piperidine rings is 1. The second kappa shape index (κ2) is 12.5. The fourth-order valence-electron chi connectivity index (χ4n) is 5.10. The Morgan fingerprint density at radius 1 is 1.05 bits per heavy atom. The van der Waals surface area contributed by atoms with E-state index in [0.29, 0.717) is 11.4 Å². The Hall–Kier alpha value is -4.36. The van der Waals surface area contributed by atoms with Crippen LogP contribution < -0.4 is 5.32 Å². The first-order valence-corrected chi connectivity index (χ1v) is 13.4. The molecule has 1 aliphatic rings. The van der Waals surface area contributed by atoms with Crippen molar-refractivity contribution in [3.8, 4) is 11.1 Å². The molecule has 198 valence electrons. The van der Waals surface area contributed by atoms with Crippen molar-refractivity contribution in [3.63, 3.8) is 0 Å². The fraction of sp³-hybridized carbons (Fsp3) is 0.250. The van der Waals surface area contributed by atoms with E-state index in [1.165, 1.54) is 30.4 Å². The van der Waals surface area contributed by atoms with E-state index in [1.807, 2.05) is 61.8 Å². The number of allylic oxidation sites excluding steroid dienone is 2. The molecule has 0 atom stereocenters. The highest BCUT2D eigenvalue weighted by atomic mass is 16.2. The molecule has 2 aromatic carbocycles. The molecule has 0 bridgehead atoms. The minimum Gasteiger partial charge on any atom is -0.319 e. The summed E-state index contributed by atoms with van der Waals surface area (Å²) in [5, 5.41) is 11.0. The predicted octanol–water partition coefficient (Wildman–Crippen LogP) is 6.07. The van der Waals surface area contributed by atoms with Gasteiger partial charge in [-0.2, -0.15) is 5.10 Å². The molecule has 0 saturated carbocycles. The van der Waals surface area contributed by atoms with E-state index in [9.17, 15) is 4.79 Å². The molecule has 1 saturated heterocycles. The van der Waals surface area contributed by atoms with Gasteiger partial charge in [0.2, 0.25) is 0 Å². The van der Waals surface area contributed by atoms with Gasteiger partial charge in [-0.3, -0.25) is 24.8 Å². The smallest absolute Gasteiger partial charge is 0.276 e. The van der Waals surface area contributed by atoms with E-state index in [-0.39, 0.29) is 5.91 Å². The van der Waals surface area contributed by atoms with Gasteiger partial charge in [-0.1, -0.05) is 48.4 Å². The average molecular weight is 519 g/mol. The summed E-state index contributed by atoms with van der Waals surface area (Å²) in [6.45, 7) is 8.78. The highest BCUT2D eigenvalue weighted by Crippen LogP contribution is 2.26. The van der Waals surface area contributed by atoms with Gasteiger partial charge < -0.3 is 5.32 Å². The maximum absolute atomic E-state index is 13.3. The molecule has 0 unspecified atom stereocenters. The molecule has 7 heteroatoms. The van der Waals surface area contributed by atoms with Crippen LogP contribution in [0.3, 0.4) is 0 Å². The summed E-state index contributed by atoms with van der Waals surface area (Å²) in [4.78, 5) is 24.2. The molecular weight excluding hydrogens is 484 g/mol. The third kappa shape index (κ3) is 6.75. The molecule has 3 heterocycles. The molecule has 0 aliphatic carbocycles. The zero-order valence-electron chi connectivity index (χ0n) is 22.4. The molecule has 0 radical (unpaired) electrons. The molecule has 1 amide bonds. The zero-order valence-corrected chi connectivity index (χ0v) is 22.4. The molecule has 2 aromatic heterocycles. The van der Waals surface area contributed by atoms with Crippen LogP contribution in [0.15, 0.2) is 95.5 Å². The Kier molecular flexibility index (Phi) is 8.39. The van der Waals surface area contributed by atoms with Gasteiger partial charge >= 0.3 is 0 Å². The van der Waals surface area contributed by atoms with Crippen LogP contribution in [-0.4, -0.2) is 45.8 Å². The number of H-pyrrole nitrogens is 1. The van der Waals surface area contributed by atoms with Crippen molar-refractivity contribution >= 4 is 23.5 Å². The Balaban J connectivity index is 1.35. The second-order valence-corrected chi connectivity index (χ2v) is 10.1. The van der Waals surface area contributed by atoms with Gasteiger partial charge in [0.15, 0.2) is 5.69 Å². The quantitative estimate of drug-likeness (QED) is 0.208. The summed E-state index contributed by atoms with van der Waals surface area (Å²) in [7, 11) is 0. The van der Waals surface area contributed by atoms with E-state index < -0.39 is 0 Å². The Labute approximate surface area is 229 Å². The maximum atomic E-state index is 13.3. The normalized spacial score (nSPS) is 14.9. The molecule has 5 rings (SSSR count). The van der Waals surface area contributed by atoms with Gasteiger partial charge in [-0.25, -0.2) is 0 Å². The Bertz CT molecular complexity index is 1510. The van der Waals surface area contributed by atoms with Crippen LogP contribution in [0.5, 0.6) is 0 Å². The number of pyridine rings is 1. The summed E-state index contributed by atoms with van der Waals surface area (Å²) >= 11 is 0. The lowest BCUT2D eigenvalue weighted by atomic mass is 10.0. The van der Waals surface area contributed by atoms with Crippen molar-refractivity contribution in [1.29, 1.82) is 0 Å². The number of carbonyl (C=O) groups excluding carboxylic acids is 1. The van der Waals surface area contributed by atoms with Crippen molar-refractivity contribution in [2.75, 3.05) is 13.1 Å². The highest BCUT2D eigenvalue weighted by Gasteiger charge is 2.17. The number of amides is 1. The van der Waals surface area contributed by atoms with E-state index in [2.05, 4.69) is 55.3 Å². The second-order valence-electron chi connectivity index (χ2n) is 10.1. The third-order valence-electron chi connectivity index (χ3n) is 6.98. The van der Waals surface area contributed by atoms with Crippen molar-refractivity contribution < 1.29 is 4.79 Å². The molecule has 2 N–H and O–H groups in total. The number of hydrogen-bond donors (Lipinski definition) is 2. The van der Waals surface area contributed by atoms with Crippen LogP contribution in [0, 0.1) is 0 Å². The number of fused-ring (bicyclic) bond motifs is 1. The third-order valence-corrected chi connectivity index (χ3v) is 6.98. The summed E-state index contributed by atoms with van der Waals surface area (Å²) in [5.41, 5.74) is 7.18. The number of aliphatic imine (C=N–C) groups is 1.